The molecular weight excluding hydrogens is 350 g/mol. The van der Waals surface area contributed by atoms with Gasteiger partial charge in [-0.1, -0.05) is 26.0 Å². The average molecular weight is 376 g/mol. The molecule has 5 nitrogen and oxygen atoms in total. The van der Waals surface area contributed by atoms with Crippen LogP contribution >= 0.6 is 11.6 Å². The first-order valence-electron chi connectivity index (χ1n) is 8.93. The number of alkyl carbamates (subject to hydrolysis) is 1. The summed E-state index contributed by atoms with van der Waals surface area (Å²) in [6.07, 6.45) is 3.03. The molecule has 1 N–H and O–H groups in total. The normalized spacial score (nSPS) is 15.5. The van der Waals surface area contributed by atoms with E-state index in [0.717, 1.165) is 29.7 Å². The van der Waals surface area contributed by atoms with Gasteiger partial charge in [-0.3, -0.25) is 0 Å². The van der Waals surface area contributed by atoms with E-state index >= 15 is 0 Å². The first-order chi connectivity index (χ1) is 12.3. The lowest BCUT2D eigenvalue weighted by atomic mass is 10.0. The number of amides is 1. The molecule has 1 aliphatic carbocycles. The average Bonchev–Trinajstić information content (AvgIpc) is 2.97. The molecule has 1 atom stereocenters. The minimum absolute atomic E-state index is 0.0158. The zero-order valence-electron chi connectivity index (χ0n) is 16.0. The van der Waals surface area contributed by atoms with Crippen molar-refractivity contribution in [3.63, 3.8) is 0 Å². The molecule has 0 radical (unpaired) electrons. The van der Waals surface area contributed by atoms with Crippen molar-refractivity contribution in [3.05, 3.63) is 46.9 Å². The van der Waals surface area contributed by atoms with Crippen LogP contribution < -0.4 is 5.32 Å². The molecule has 3 rings (SSSR count). The van der Waals surface area contributed by atoms with E-state index in [2.05, 4.69) is 21.4 Å². The molecule has 140 valence electrons. The highest BCUT2D eigenvalue weighted by atomic mass is 35.5. The van der Waals surface area contributed by atoms with Crippen molar-refractivity contribution in [3.8, 4) is 11.3 Å². The van der Waals surface area contributed by atoms with Gasteiger partial charge in [0.1, 0.15) is 5.60 Å². The maximum atomic E-state index is 12.0. The van der Waals surface area contributed by atoms with Crippen LogP contribution in [-0.4, -0.2) is 21.7 Å². The number of carbonyl (C=O) groups excluding carboxylic acids is 1. The topological polar surface area (TPSA) is 64.1 Å². The summed E-state index contributed by atoms with van der Waals surface area (Å²) in [6.45, 7) is 9.57. The summed E-state index contributed by atoms with van der Waals surface area (Å²) < 4.78 is 5.34. The number of benzene rings is 1. The quantitative estimate of drug-likeness (QED) is 0.720. The van der Waals surface area contributed by atoms with Crippen molar-refractivity contribution < 1.29 is 9.53 Å². The molecule has 1 unspecified atom stereocenters. The van der Waals surface area contributed by atoms with Gasteiger partial charge in [0.2, 0.25) is 5.28 Å². The summed E-state index contributed by atoms with van der Waals surface area (Å²) in [6, 6.07) is 7.95. The van der Waals surface area contributed by atoms with Gasteiger partial charge in [0.15, 0.2) is 0 Å². The molecule has 0 bridgehead atoms. The highest BCUT2D eigenvalue weighted by Gasteiger charge is 2.26. The predicted molar refractivity (Wildman–Crippen MR) is 104 cm³/mol. The Labute approximate surface area is 160 Å². The highest BCUT2D eigenvalue weighted by Crippen LogP contribution is 2.34. The highest BCUT2D eigenvalue weighted by molar-refractivity contribution is 6.28. The summed E-state index contributed by atoms with van der Waals surface area (Å²) >= 11 is 5.86. The molecule has 0 saturated carbocycles. The van der Waals surface area contributed by atoms with Gasteiger partial charge in [-0.15, -0.1) is 0 Å². The number of nitrogens with one attached hydrogen (secondary N) is 1. The van der Waals surface area contributed by atoms with E-state index < -0.39 is 5.60 Å². The lowest BCUT2D eigenvalue weighted by Crippen LogP contribution is -2.34. The fourth-order valence-electron chi connectivity index (χ4n) is 2.87. The monoisotopic (exact) mass is 375 g/mol. The van der Waals surface area contributed by atoms with E-state index in [9.17, 15) is 4.79 Å². The van der Waals surface area contributed by atoms with Crippen molar-refractivity contribution in [1.82, 2.24) is 15.3 Å². The molecule has 0 aliphatic heterocycles. The Morgan fingerprint density at radius 3 is 2.65 bits per heavy atom. The third-order valence-corrected chi connectivity index (χ3v) is 4.02. The zero-order valence-corrected chi connectivity index (χ0v) is 16.7. The van der Waals surface area contributed by atoms with Crippen LogP contribution in [0.1, 0.15) is 58.2 Å². The predicted octanol–water partition coefficient (Wildman–Crippen LogP) is 5.34. The van der Waals surface area contributed by atoms with E-state index in [1.807, 2.05) is 52.8 Å². The second kappa shape index (κ2) is 8.49. The molecule has 1 aromatic heterocycles. The zero-order chi connectivity index (χ0) is 19.3. The number of nitrogens with zero attached hydrogens (tertiary/aromatic N) is 2. The van der Waals surface area contributed by atoms with Crippen LogP contribution in [0.25, 0.3) is 11.3 Å². The molecule has 0 spiro atoms. The number of hydrogen-bond donors (Lipinski definition) is 1. The number of halogens is 1. The molecular formula is C20H26ClN3O2. The molecule has 0 fully saturated rings. The Morgan fingerprint density at radius 1 is 1.27 bits per heavy atom. The molecule has 1 heterocycles. The number of rotatable bonds is 2. The van der Waals surface area contributed by atoms with Crippen LogP contribution in [0.15, 0.2) is 30.5 Å². The molecule has 0 saturated heterocycles. The lowest BCUT2D eigenvalue weighted by Gasteiger charge is -2.22. The van der Waals surface area contributed by atoms with Gasteiger partial charge >= 0.3 is 6.09 Å². The van der Waals surface area contributed by atoms with Crippen LogP contribution in [-0.2, 0) is 11.2 Å². The van der Waals surface area contributed by atoms with Gasteiger partial charge < -0.3 is 10.1 Å². The van der Waals surface area contributed by atoms with Crippen molar-refractivity contribution in [2.45, 2.75) is 59.1 Å². The molecule has 1 amide bonds. The Bertz CT molecular complexity index is 772. The van der Waals surface area contributed by atoms with E-state index in [0.29, 0.717) is 0 Å². The van der Waals surface area contributed by atoms with Crippen molar-refractivity contribution in [2.24, 2.45) is 0 Å². The number of ether oxygens (including phenoxy) is 1. The van der Waals surface area contributed by atoms with Gasteiger partial charge in [-0.25, -0.2) is 14.8 Å². The maximum absolute atomic E-state index is 12.0. The summed E-state index contributed by atoms with van der Waals surface area (Å²) in [5, 5.41) is 3.19. The smallest absolute Gasteiger partial charge is 0.408 e. The van der Waals surface area contributed by atoms with E-state index in [1.54, 1.807) is 6.20 Å². The minimum Gasteiger partial charge on any atom is -0.444 e. The van der Waals surface area contributed by atoms with Gasteiger partial charge in [-0.2, -0.15) is 0 Å². The Balaban J connectivity index is 0.00000117. The summed E-state index contributed by atoms with van der Waals surface area (Å²) in [4.78, 5) is 20.1. The fraction of sp³-hybridized carbons (Fsp3) is 0.450. The van der Waals surface area contributed by atoms with Crippen molar-refractivity contribution >= 4 is 17.7 Å². The van der Waals surface area contributed by atoms with Crippen LogP contribution in [0, 0.1) is 0 Å². The van der Waals surface area contributed by atoms with Gasteiger partial charge in [0, 0.05) is 11.8 Å². The third-order valence-electron chi connectivity index (χ3n) is 3.83. The molecule has 6 heteroatoms. The second-order valence-corrected chi connectivity index (χ2v) is 7.20. The first kappa shape index (κ1) is 20.2. The van der Waals surface area contributed by atoms with Gasteiger partial charge in [0.05, 0.1) is 11.7 Å². The maximum Gasteiger partial charge on any atom is 0.408 e. The summed E-state index contributed by atoms with van der Waals surface area (Å²) in [5.41, 5.74) is 3.63. The standard InChI is InChI=1S/C18H20ClN3O2.C2H6/c1-18(2,3)24-17(23)22-15-7-5-11-10-12(4-6-13(11)15)14-8-9-20-16(19)21-14;1-2/h4,6,8-10,15H,5,7H2,1-3H3,(H,22,23);1-2H3. The van der Waals surface area contributed by atoms with Crippen LogP contribution in [0.4, 0.5) is 4.79 Å². The van der Waals surface area contributed by atoms with E-state index in [1.165, 1.54) is 5.56 Å². The van der Waals surface area contributed by atoms with Crippen LogP contribution in [0.2, 0.25) is 5.28 Å². The molecule has 1 aliphatic rings. The first-order valence-corrected chi connectivity index (χ1v) is 9.31. The van der Waals surface area contributed by atoms with E-state index in [-0.39, 0.29) is 17.4 Å². The van der Waals surface area contributed by atoms with E-state index in [4.69, 9.17) is 16.3 Å². The fourth-order valence-corrected chi connectivity index (χ4v) is 3.02. The third kappa shape index (κ3) is 5.18. The largest absolute Gasteiger partial charge is 0.444 e. The molecule has 2 aromatic rings. The number of fused-ring (bicyclic) bond motifs is 1. The molecule has 26 heavy (non-hydrogen) atoms. The number of aromatic nitrogens is 2. The number of carbonyl (C=O) groups is 1. The van der Waals surface area contributed by atoms with Crippen molar-refractivity contribution in [1.29, 1.82) is 0 Å². The Morgan fingerprint density at radius 2 is 2.00 bits per heavy atom. The van der Waals surface area contributed by atoms with Gasteiger partial charge in [0.25, 0.3) is 0 Å². The number of aryl methyl sites for hydroxylation is 1. The number of hydrogen-bond acceptors (Lipinski definition) is 4. The summed E-state index contributed by atoms with van der Waals surface area (Å²) in [5.74, 6) is 0. The molecule has 1 aromatic carbocycles. The second-order valence-electron chi connectivity index (χ2n) is 6.86. The minimum atomic E-state index is -0.498. The summed E-state index contributed by atoms with van der Waals surface area (Å²) in [7, 11) is 0. The lowest BCUT2D eigenvalue weighted by molar-refractivity contribution is 0.0503. The van der Waals surface area contributed by atoms with Crippen LogP contribution in [0.5, 0.6) is 0 Å². The Hall–Kier alpha value is -2.14. The van der Waals surface area contributed by atoms with Gasteiger partial charge in [-0.05, 0) is 68.5 Å². The van der Waals surface area contributed by atoms with Crippen molar-refractivity contribution in [2.75, 3.05) is 0 Å². The Kier molecular flexibility index (Phi) is 6.59. The van der Waals surface area contributed by atoms with Crippen LogP contribution in [0.3, 0.4) is 0 Å². The SMILES string of the molecule is CC.CC(C)(C)OC(=O)NC1CCc2cc(-c3ccnc(Cl)n3)ccc21.